The number of carbonyl (C=O) groups is 1. The highest BCUT2D eigenvalue weighted by Gasteiger charge is 2.23. The molecular weight excluding hydrogens is 434 g/mol. The lowest BCUT2D eigenvalue weighted by molar-refractivity contribution is -0.115. The first kappa shape index (κ1) is 23.5. The molecule has 1 aromatic carbocycles. The summed E-state index contributed by atoms with van der Waals surface area (Å²) < 4.78 is 3.97. The van der Waals surface area contributed by atoms with Crippen LogP contribution in [0, 0.1) is 0 Å². The molecule has 1 aliphatic rings. The summed E-state index contributed by atoms with van der Waals surface area (Å²) in [7, 11) is 0. The Morgan fingerprint density at radius 3 is 2.52 bits per heavy atom. The predicted octanol–water partition coefficient (Wildman–Crippen LogP) is 4.21. The number of aromatic nitrogens is 5. The maximum absolute atomic E-state index is 12.9. The average molecular weight is 468 g/mol. The standard InChI is InChI=1S/C24H33N7OS/c1-18(2)31-21(12-13-25-31)26-23(32)19(3)33-24-28-27-22(17-29-14-8-5-9-15-29)30(24)16-20-10-6-4-7-11-20/h4,6-7,10-13,18-19H,5,8-9,14-17H2,1-3H3,(H,26,32). The van der Waals surface area contributed by atoms with Crippen LogP contribution < -0.4 is 5.32 Å². The molecule has 3 heterocycles. The average Bonchev–Trinajstić information content (AvgIpc) is 3.43. The number of nitrogens with zero attached hydrogens (tertiary/aromatic N) is 6. The smallest absolute Gasteiger partial charge is 0.238 e. The van der Waals surface area contributed by atoms with Crippen molar-refractivity contribution in [1.82, 2.24) is 29.4 Å². The molecule has 0 aliphatic carbocycles. The topological polar surface area (TPSA) is 80.9 Å². The van der Waals surface area contributed by atoms with E-state index in [4.69, 9.17) is 0 Å². The molecule has 1 fully saturated rings. The summed E-state index contributed by atoms with van der Waals surface area (Å²) in [6.07, 6.45) is 5.48. The van der Waals surface area contributed by atoms with Crippen molar-refractivity contribution in [2.45, 2.75) is 69.6 Å². The van der Waals surface area contributed by atoms with Gasteiger partial charge in [0.25, 0.3) is 0 Å². The molecule has 1 unspecified atom stereocenters. The van der Waals surface area contributed by atoms with Crippen LogP contribution in [0.2, 0.25) is 0 Å². The van der Waals surface area contributed by atoms with Gasteiger partial charge in [0.05, 0.1) is 24.5 Å². The van der Waals surface area contributed by atoms with E-state index in [1.807, 2.05) is 49.7 Å². The number of nitrogens with one attached hydrogen (secondary N) is 1. The van der Waals surface area contributed by atoms with Crippen molar-refractivity contribution in [1.29, 1.82) is 0 Å². The molecule has 8 nitrogen and oxygen atoms in total. The summed E-state index contributed by atoms with van der Waals surface area (Å²) >= 11 is 1.45. The number of carbonyl (C=O) groups excluding carboxylic acids is 1. The quantitative estimate of drug-likeness (QED) is 0.475. The maximum atomic E-state index is 12.9. The van der Waals surface area contributed by atoms with Crippen LogP contribution in [-0.2, 0) is 17.9 Å². The van der Waals surface area contributed by atoms with Gasteiger partial charge in [0.15, 0.2) is 5.16 Å². The minimum Gasteiger partial charge on any atom is -0.310 e. The van der Waals surface area contributed by atoms with Crippen molar-refractivity contribution < 1.29 is 4.79 Å². The Kier molecular flexibility index (Phi) is 7.82. The van der Waals surface area contributed by atoms with Gasteiger partial charge in [-0.05, 0) is 52.3 Å². The molecule has 1 N–H and O–H groups in total. The number of piperidine rings is 1. The molecule has 4 rings (SSSR count). The van der Waals surface area contributed by atoms with E-state index in [9.17, 15) is 4.79 Å². The largest absolute Gasteiger partial charge is 0.310 e. The molecule has 1 atom stereocenters. The second kappa shape index (κ2) is 11.0. The summed E-state index contributed by atoms with van der Waals surface area (Å²) in [6, 6.07) is 12.3. The Labute approximate surface area is 199 Å². The van der Waals surface area contributed by atoms with Gasteiger partial charge in [-0.2, -0.15) is 5.10 Å². The lowest BCUT2D eigenvalue weighted by Gasteiger charge is -2.26. The fourth-order valence-electron chi connectivity index (χ4n) is 4.03. The Balaban J connectivity index is 1.50. The molecule has 33 heavy (non-hydrogen) atoms. The van der Waals surface area contributed by atoms with Gasteiger partial charge in [0.1, 0.15) is 11.6 Å². The Hall–Kier alpha value is -2.65. The first-order valence-electron chi connectivity index (χ1n) is 11.7. The highest BCUT2D eigenvalue weighted by Crippen LogP contribution is 2.26. The van der Waals surface area contributed by atoms with Crippen molar-refractivity contribution in [3.8, 4) is 0 Å². The van der Waals surface area contributed by atoms with Crippen molar-refractivity contribution in [2.24, 2.45) is 0 Å². The van der Waals surface area contributed by atoms with Gasteiger partial charge in [-0.15, -0.1) is 10.2 Å². The van der Waals surface area contributed by atoms with Crippen LogP contribution in [0.25, 0.3) is 0 Å². The number of rotatable bonds is 9. The van der Waals surface area contributed by atoms with Crippen molar-refractivity contribution in [3.63, 3.8) is 0 Å². The van der Waals surface area contributed by atoms with E-state index >= 15 is 0 Å². The summed E-state index contributed by atoms with van der Waals surface area (Å²) in [6.45, 7) is 9.66. The van der Waals surface area contributed by atoms with Crippen LogP contribution in [0.3, 0.4) is 0 Å². The zero-order valence-electron chi connectivity index (χ0n) is 19.6. The van der Waals surface area contributed by atoms with Gasteiger partial charge in [0.2, 0.25) is 5.91 Å². The number of likely N-dealkylation sites (tertiary alicyclic amines) is 1. The van der Waals surface area contributed by atoms with Gasteiger partial charge < -0.3 is 9.88 Å². The molecule has 0 bridgehead atoms. The van der Waals surface area contributed by atoms with Gasteiger partial charge >= 0.3 is 0 Å². The first-order chi connectivity index (χ1) is 16.0. The molecule has 0 radical (unpaired) electrons. The van der Waals surface area contributed by atoms with Crippen LogP contribution in [-0.4, -0.2) is 53.7 Å². The summed E-state index contributed by atoms with van der Waals surface area (Å²) in [4.78, 5) is 15.4. The molecule has 9 heteroatoms. The first-order valence-corrected chi connectivity index (χ1v) is 12.6. The van der Waals surface area contributed by atoms with Crippen LogP contribution in [0.1, 0.15) is 57.5 Å². The third-order valence-electron chi connectivity index (χ3n) is 5.85. The number of hydrogen-bond acceptors (Lipinski definition) is 6. The predicted molar refractivity (Wildman–Crippen MR) is 131 cm³/mol. The summed E-state index contributed by atoms with van der Waals surface area (Å²) in [5.41, 5.74) is 1.19. The monoisotopic (exact) mass is 467 g/mol. The Morgan fingerprint density at radius 1 is 1.03 bits per heavy atom. The zero-order valence-corrected chi connectivity index (χ0v) is 20.5. The third-order valence-corrected chi connectivity index (χ3v) is 6.93. The normalized spacial score (nSPS) is 15.6. The van der Waals surface area contributed by atoms with Crippen LogP contribution in [0.5, 0.6) is 0 Å². The molecule has 1 amide bonds. The lowest BCUT2D eigenvalue weighted by Crippen LogP contribution is -2.30. The number of hydrogen-bond donors (Lipinski definition) is 1. The third kappa shape index (κ3) is 6.03. The minimum atomic E-state index is -0.331. The molecule has 3 aromatic rings. The number of amides is 1. The minimum absolute atomic E-state index is 0.0748. The Bertz CT molecular complexity index is 1040. The van der Waals surface area contributed by atoms with Gasteiger partial charge in [-0.25, -0.2) is 4.68 Å². The van der Waals surface area contributed by atoms with Crippen LogP contribution in [0.4, 0.5) is 5.82 Å². The second-order valence-electron chi connectivity index (χ2n) is 8.81. The van der Waals surface area contributed by atoms with Crippen molar-refractivity contribution in [2.75, 3.05) is 18.4 Å². The summed E-state index contributed by atoms with van der Waals surface area (Å²) in [5.74, 6) is 1.59. The molecule has 0 saturated carbocycles. The number of thioether (sulfide) groups is 1. The molecule has 2 aromatic heterocycles. The van der Waals surface area contributed by atoms with E-state index in [0.29, 0.717) is 12.4 Å². The van der Waals surface area contributed by atoms with Gasteiger partial charge in [0, 0.05) is 12.1 Å². The SMILES string of the molecule is CC(Sc1nnc(CN2CCCCC2)n1Cc1ccccc1)C(=O)Nc1ccnn1C(C)C. The van der Waals surface area contributed by atoms with E-state index < -0.39 is 0 Å². The molecule has 1 saturated heterocycles. The van der Waals surface area contributed by atoms with E-state index in [-0.39, 0.29) is 17.2 Å². The molecule has 176 valence electrons. The van der Waals surface area contributed by atoms with E-state index in [2.05, 4.69) is 42.2 Å². The fraction of sp³-hybridized carbons (Fsp3) is 0.500. The number of anilines is 1. The molecule has 1 aliphatic heterocycles. The van der Waals surface area contributed by atoms with E-state index in [0.717, 1.165) is 30.6 Å². The van der Waals surface area contributed by atoms with Gasteiger partial charge in [-0.1, -0.05) is 48.5 Å². The lowest BCUT2D eigenvalue weighted by atomic mass is 10.1. The van der Waals surface area contributed by atoms with E-state index in [1.54, 1.807) is 6.20 Å². The molecular formula is C24H33N7OS. The van der Waals surface area contributed by atoms with Crippen LogP contribution >= 0.6 is 11.8 Å². The Morgan fingerprint density at radius 2 is 1.79 bits per heavy atom. The highest BCUT2D eigenvalue weighted by molar-refractivity contribution is 8.00. The highest BCUT2D eigenvalue weighted by atomic mass is 32.2. The molecule has 0 spiro atoms. The fourth-order valence-corrected chi connectivity index (χ4v) is 4.90. The van der Waals surface area contributed by atoms with E-state index in [1.165, 1.54) is 36.6 Å². The second-order valence-corrected chi connectivity index (χ2v) is 10.1. The van der Waals surface area contributed by atoms with Crippen molar-refractivity contribution >= 4 is 23.5 Å². The number of benzene rings is 1. The maximum Gasteiger partial charge on any atom is 0.238 e. The van der Waals surface area contributed by atoms with Gasteiger partial charge in [-0.3, -0.25) is 9.69 Å². The zero-order chi connectivity index (χ0) is 23.2. The summed E-state index contributed by atoms with van der Waals surface area (Å²) in [5, 5.41) is 16.8. The van der Waals surface area contributed by atoms with Crippen LogP contribution in [0.15, 0.2) is 47.8 Å². The van der Waals surface area contributed by atoms with Crippen molar-refractivity contribution in [3.05, 3.63) is 54.0 Å².